The van der Waals surface area contributed by atoms with Gasteiger partial charge in [-0.15, -0.1) is 0 Å². The minimum Gasteiger partial charge on any atom is -0.497 e. The third kappa shape index (κ3) is 2.31. The summed E-state index contributed by atoms with van der Waals surface area (Å²) in [4.78, 5) is 10.7. The first-order chi connectivity index (χ1) is 10.5. The van der Waals surface area contributed by atoms with Gasteiger partial charge in [-0.05, 0) is 60.3 Å². The molecule has 0 spiro atoms. The van der Waals surface area contributed by atoms with Crippen LogP contribution in [0.4, 0.5) is 0 Å². The van der Waals surface area contributed by atoms with Crippen LogP contribution in [0.1, 0.15) is 50.7 Å². The van der Waals surface area contributed by atoms with Crippen molar-refractivity contribution in [1.82, 2.24) is 0 Å². The molecule has 1 aromatic rings. The average molecular weight is 302 g/mol. The maximum Gasteiger partial charge on any atom is 0.293 e. The smallest absolute Gasteiger partial charge is 0.293 e. The molecule has 0 aromatic heterocycles. The van der Waals surface area contributed by atoms with E-state index in [1.807, 2.05) is 0 Å². The van der Waals surface area contributed by atoms with Crippen molar-refractivity contribution in [1.29, 1.82) is 0 Å². The van der Waals surface area contributed by atoms with Crippen molar-refractivity contribution in [2.45, 2.75) is 51.4 Å². The lowest BCUT2D eigenvalue weighted by Gasteiger charge is -2.55. The number of carbonyl (C=O) groups excluding carboxylic acids is 1. The molecule has 0 amide bonds. The van der Waals surface area contributed by atoms with Gasteiger partial charge in [-0.25, -0.2) is 0 Å². The van der Waals surface area contributed by atoms with E-state index in [4.69, 9.17) is 9.47 Å². The number of hydrogen-bond acceptors (Lipinski definition) is 3. The van der Waals surface area contributed by atoms with Gasteiger partial charge in [-0.2, -0.15) is 0 Å². The molecule has 2 aliphatic carbocycles. The first-order valence-electron chi connectivity index (χ1n) is 8.26. The molecule has 0 bridgehead atoms. The Labute approximate surface area is 133 Å². The zero-order valence-corrected chi connectivity index (χ0v) is 13.9. The lowest BCUT2D eigenvalue weighted by Crippen LogP contribution is -2.50. The number of ether oxygens (including phenoxy) is 2. The minimum atomic E-state index is 0.0781. The third-order valence-electron chi connectivity index (χ3n) is 6.17. The maximum absolute atomic E-state index is 10.7. The quantitative estimate of drug-likeness (QED) is 0.792. The number of carbonyl (C=O) groups is 1. The Hall–Kier alpha value is -1.51. The van der Waals surface area contributed by atoms with Crippen LogP contribution in [0.2, 0.25) is 0 Å². The minimum absolute atomic E-state index is 0.0781. The van der Waals surface area contributed by atoms with Crippen molar-refractivity contribution in [3.63, 3.8) is 0 Å². The zero-order chi connectivity index (χ0) is 15.8. The van der Waals surface area contributed by atoms with Crippen LogP contribution in [0, 0.1) is 11.3 Å². The van der Waals surface area contributed by atoms with Crippen LogP contribution in [0.15, 0.2) is 18.2 Å². The van der Waals surface area contributed by atoms with Crippen LogP contribution < -0.4 is 4.74 Å². The van der Waals surface area contributed by atoms with Crippen molar-refractivity contribution in [2.24, 2.45) is 11.3 Å². The molecule has 120 valence electrons. The molecular formula is C19H26O3. The fraction of sp³-hybridized carbons (Fsp3) is 0.632. The molecule has 0 radical (unpaired) electrons. The highest BCUT2D eigenvalue weighted by Crippen LogP contribution is 2.57. The standard InChI is InChI=1S/C19H26O3/c1-18(12-22-13-20)9-4-10-19(2)16-11-15(21-3)7-5-14(16)6-8-17(18)19/h5,7,11,13,17H,4,6,8-10,12H2,1-3H3/t17?,18-,19-/m1/s1. The first-order valence-corrected chi connectivity index (χ1v) is 8.26. The Morgan fingerprint density at radius 3 is 2.86 bits per heavy atom. The van der Waals surface area contributed by atoms with Gasteiger partial charge in [0.25, 0.3) is 6.47 Å². The van der Waals surface area contributed by atoms with Gasteiger partial charge < -0.3 is 9.47 Å². The van der Waals surface area contributed by atoms with Gasteiger partial charge in [0.2, 0.25) is 0 Å². The monoisotopic (exact) mass is 302 g/mol. The largest absolute Gasteiger partial charge is 0.497 e. The second-order valence-electron chi connectivity index (χ2n) is 7.45. The van der Waals surface area contributed by atoms with Crippen LogP contribution in [0.5, 0.6) is 5.75 Å². The Bertz CT molecular complexity index is 568. The summed E-state index contributed by atoms with van der Waals surface area (Å²) >= 11 is 0. The molecule has 0 heterocycles. The fourth-order valence-electron chi connectivity index (χ4n) is 5.10. The summed E-state index contributed by atoms with van der Waals surface area (Å²) in [6, 6.07) is 6.53. The van der Waals surface area contributed by atoms with Gasteiger partial charge in [-0.1, -0.05) is 26.3 Å². The molecule has 1 fully saturated rings. The second-order valence-corrected chi connectivity index (χ2v) is 7.45. The summed E-state index contributed by atoms with van der Waals surface area (Å²) in [5, 5.41) is 0. The van der Waals surface area contributed by atoms with E-state index < -0.39 is 0 Å². The normalized spacial score (nSPS) is 33.5. The van der Waals surface area contributed by atoms with Crippen molar-refractivity contribution < 1.29 is 14.3 Å². The summed E-state index contributed by atoms with van der Waals surface area (Å²) in [7, 11) is 1.73. The predicted octanol–water partition coefficient (Wildman–Crippen LogP) is 3.88. The number of methoxy groups -OCH3 is 1. The molecule has 3 rings (SSSR count). The molecule has 0 aliphatic heterocycles. The maximum atomic E-state index is 10.7. The molecule has 3 atom stereocenters. The van der Waals surface area contributed by atoms with Crippen LogP contribution in [-0.4, -0.2) is 20.2 Å². The van der Waals surface area contributed by atoms with Gasteiger partial charge in [0.05, 0.1) is 13.7 Å². The fourth-order valence-corrected chi connectivity index (χ4v) is 5.10. The second kappa shape index (κ2) is 5.60. The summed E-state index contributed by atoms with van der Waals surface area (Å²) in [6.45, 7) is 5.82. The molecule has 1 saturated carbocycles. The molecule has 1 unspecified atom stereocenters. The van der Waals surface area contributed by atoms with E-state index in [-0.39, 0.29) is 10.8 Å². The topological polar surface area (TPSA) is 35.5 Å². The van der Waals surface area contributed by atoms with Crippen molar-refractivity contribution in [3.8, 4) is 5.75 Å². The van der Waals surface area contributed by atoms with Crippen LogP contribution in [0.3, 0.4) is 0 Å². The van der Waals surface area contributed by atoms with Gasteiger partial charge in [0.1, 0.15) is 5.75 Å². The molecule has 3 heteroatoms. The Kier molecular flexibility index (Phi) is 3.92. The predicted molar refractivity (Wildman–Crippen MR) is 86.1 cm³/mol. The van der Waals surface area contributed by atoms with Crippen molar-refractivity contribution >= 4 is 6.47 Å². The SMILES string of the molecule is COc1ccc2c(c1)[C@@]1(C)CCC[C@](C)(COC=O)C1CC2. The van der Waals surface area contributed by atoms with Gasteiger partial charge in [0.15, 0.2) is 0 Å². The zero-order valence-electron chi connectivity index (χ0n) is 13.9. The Morgan fingerprint density at radius 2 is 2.14 bits per heavy atom. The Balaban J connectivity index is 2.01. The molecular weight excluding hydrogens is 276 g/mol. The number of fused-ring (bicyclic) bond motifs is 3. The number of benzene rings is 1. The van der Waals surface area contributed by atoms with E-state index in [9.17, 15) is 4.79 Å². The first kappa shape index (κ1) is 15.4. The number of aryl methyl sites for hydroxylation is 1. The molecule has 0 N–H and O–H groups in total. The van der Waals surface area contributed by atoms with E-state index in [0.29, 0.717) is 19.0 Å². The summed E-state index contributed by atoms with van der Waals surface area (Å²) in [5.41, 5.74) is 3.14. The summed E-state index contributed by atoms with van der Waals surface area (Å²) in [6.07, 6.45) is 5.81. The molecule has 1 aromatic carbocycles. The van der Waals surface area contributed by atoms with Crippen molar-refractivity contribution in [3.05, 3.63) is 29.3 Å². The van der Waals surface area contributed by atoms with Crippen molar-refractivity contribution in [2.75, 3.05) is 13.7 Å². The van der Waals surface area contributed by atoms with Crippen LogP contribution in [0.25, 0.3) is 0 Å². The highest BCUT2D eigenvalue weighted by molar-refractivity contribution is 5.44. The van der Waals surface area contributed by atoms with Crippen LogP contribution in [-0.2, 0) is 21.4 Å². The lowest BCUT2D eigenvalue weighted by atomic mass is 9.50. The number of hydrogen-bond donors (Lipinski definition) is 0. The van der Waals surface area contributed by atoms with E-state index in [1.54, 1.807) is 7.11 Å². The van der Waals surface area contributed by atoms with E-state index >= 15 is 0 Å². The molecule has 2 aliphatic rings. The lowest BCUT2D eigenvalue weighted by molar-refractivity contribution is -0.135. The summed E-state index contributed by atoms with van der Waals surface area (Å²) < 4.78 is 10.6. The van der Waals surface area contributed by atoms with E-state index in [2.05, 4.69) is 32.0 Å². The molecule has 22 heavy (non-hydrogen) atoms. The van der Waals surface area contributed by atoms with Crippen LogP contribution >= 0.6 is 0 Å². The Morgan fingerprint density at radius 1 is 1.32 bits per heavy atom. The molecule has 0 saturated heterocycles. The van der Waals surface area contributed by atoms with E-state index in [0.717, 1.165) is 18.6 Å². The third-order valence-corrected chi connectivity index (χ3v) is 6.17. The number of rotatable bonds is 4. The van der Waals surface area contributed by atoms with E-state index in [1.165, 1.54) is 30.4 Å². The highest BCUT2D eigenvalue weighted by atomic mass is 16.5. The van der Waals surface area contributed by atoms with Gasteiger partial charge in [0, 0.05) is 5.41 Å². The van der Waals surface area contributed by atoms with Gasteiger partial charge in [-0.3, -0.25) is 4.79 Å². The highest BCUT2D eigenvalue weighted by Gasteiger charge is 2.52. The average Bonchev–Trinajstić information content (AvgIpc) is 2.52. The molecule has 3 nitrogen and oxygen atoms in total. The summed E-state index contributed by atoms with van der Waals surface area (Å²) in [5.74, 6) is 1.49. The van der Waals surface area contributed by atoms with Gasteiger partial charge >= 0.3 is 0 Å².